The largest absolute Gasteiger partial charge is 0.497 e. The average Bonchev–Trinajstić information content (AvgIpc) is 3.37. The summed E-state index contributed by atoms with van der Waals surface area (Å²) in [4.78, 5) is 31.4. The molecule has 0 fully saturated rings. The van der Waals surface area contributed by atoms with Gasteiger partial charge in [-0.05, 0) is 54.6 Å². The Balaban J connectivity index is 1.42. The number of anilines is 1. The molecule has 0 saturated carbocycles. The lowest BCUT2D eigenvalue weighted by Gasteiger charge is -2.13. The first kappa shape index (κ1) is 27.5. The standard InChI is InChI=1S/C32H27ClN4O4/c1-37(2)22-15-16-27-25(18-22)29(24-12-5-6-13-26(24)33)30(35-27)31(38)36-34-19-21-9-4-7-14-28(21)41-32(39)20-10-8-11-23(17-20)40-3/h4-19,35H,1-3H3,(H,36,38). The van der Waals surface area contributed by atoms with E-state index in [1.165, 1.54) is 13.3 Å². The molecule has 0 aliphatic carbocycles. The molecule has 0 radical (unpaired) electrons. The van der Waals surface area contributed by atoms with Crippen molar-refractivity contribution >= 4 is 46.3 Å². The molecule has 0 bridgehead atoms. The number of fused-ring (bicyclic) bond motifs is 1. The first-order chi connectivity index (χ1) is 19.9. The Morgan fingerprint density at radius 1 is 0.951 bits per heavy atom. The van der Waals surface area contributed by atoms with Crippen LogP contribution in [0.4, 0.5) is 5.69 Å². The van der Waals surface area contributed by atoms with Gasteiger partial charge in [-0.1, -0.05) is 48.0 Å². The molecule has 9 heteroatoms. The van der Waals surface area contributed by atoms with Gasteiger partial charge in [-0.25, -0.2) is 10.2 Å². The molecule has 206 valence electrons. The average molecular weight is 567 g/mol. The number of aromatic nitrogens is 1. The first-order valence-corrected chi connectivity index (χ1v) is 13.1. The van der Waals surface area contributed by atoms with Crippen LogP contribution in [0.25, 0.3) is 22.0 Å². The number of methoxy groups -OCH3 is 1. The van der Waals surface area contributed by atoms with Gasteiger partial charge >= 0.3 is 5.97 Å². The minimum Gasteiger partial charge on any atom is -0.497 e. The molecule has 2 N–H and O–H groups in total. The van der Waals surface area contributed by atoms with E-state index in [1.54, 1.807) is 54.6 Å². The van der Waals surface area contributed by atoms with Crippen molar-refractivity contribution in [3.05, 3.63) is 113 Å². The number of amides is 1. The SMILES string of the molecule is COc1cccc(C(=O)Oc2ccccc2C=NNC(=O)c2[nH]c3ccc(N(C)C)cc3c2-c2ccccc2Cl)c1. The lowest BCUT2D eigenvalue weighted by atomic mass is 10.0. The minimum atomic E-state index is -0.548. The number of hydrogen-bond donors (Lipinski definition) is 2. The summed E-state index contributed by atoms with van der Waals surface area (Å²) in [5, 5.41) is 5.54. The highest BCUT2D eigenvalue weighted by Crippen LogP contribution is 2.38. The number of rotatable bonds is 8. The van der Waals surface area contributed by atoms with Crippen LogP contribution in [0.2, 0.25) is 5.02 Å². The van der Waals surface area contributed by atoms with Crippen molar-refractivity contribution in [2.75, 3.05) is 26.1 Å². The third-order valence-electron chi connectivity index (χ3n) is 6.47. The van der Waals surface area contributed by atoms with Gasteiger partial charge in [0.15, 0.2) is 0 Å². The van der Waals surface area contributed by atoms with Gasteiger partial charge in [0, 0.05) is 52.4 Å². The van der Waals surface area contributed by atoms with E-state index in [1.807, 2.05) is 55.4 Å². The van der Waals surface area contributed by atoms with Crippen LogP contribution in [0.15, 0.2) is 96.1 Å². The predicted octanol–water partition coefficient (Wildman–Crippen LogP) is 6.55. The van der Waals surface area contributed by atoms with E-state index in [4.69, 9.17) is 21.1 Å². The monoisotopic (exact) mass is 566 g/mol. The number of carbonyl (C=O) groups is 2. The van der Waals surface area contributed by atoms with Crippen LogP contribution in [-0.2, 0) is 0 Å². The Morgan fingerprint density at radius 2 is 1.73 bits per heavy atom. The van der Waals surface area contributed by atoms with Gasteiger partial charge in [0.25, 0.3) is 5.91 Å². The number of nitrogens with one attached hydrogen (secondary N) is 2. The van der Waals surface area contributed by atoms with Crippen molar-refractivity contribution in [2.45, 2.75) is 0 Å². The molecule has 0 saturated heterocycles. The van der Waals surface area contributed by atoms with Crippen molar-refractivity contribution < 1.29 is 19.1 Å². The fraction of sp³-hybridized carbons (Fsp3) is 0.0938. The number of hydrazone groups is 1. The minimum absolute atomic E-state index is 0.289. The third kappa shape index (κ3) is 5.92. The maximum absolute atomic E-state index is 13.4. The second-order valence-electron chi connectivity index (χ2n) is 9.34. The van der Waals surface area contributed by atoms with Crippen LogP contribution < -0.4 is 19.8 Å². The van der Waals surface area contributed by atoms with E-state index in [0.29, 0.717) is 33.2 Å². The maximum Gasteiger partial charge on any atom is 0.343 e. The van der Waals surface area contributed by atoms with Crippen molar-refractivity contribution in [1.29, 1.82) is 0 Å². The molecule has 4 aromatic carbocycles. The molecule has 1 aromatic heterocycles. The van der Waals surface area contributed by atoms with Crippen molar-refractivity contribution in [1.82, 2.24) is 10.4 Å². The van der Waals surface area contributed by atoms with Gasteiger partial charge in [-0.2, -0.15) is 5.10 Å². The topological polar surface area (TPSA) is 96.0 Å². The summed E-state index contributed by atoms with van der Waals surface area (Å²) >= 11 is 6.57. The van der Waals surface area contributed by atoms with E-state index in [2.05, 4.69) is 15.5 Å². The Bertz CT molecular complexity index is 1780. The normalized spacial score (nSPS) is 11.0. The van der Waals surface area contributed by atoms with Crippen LogP contribution in [-0.4, -0.2) is 44.3 Å². The quantitative estimate of drug-likeness (QED) is 0.0961. The Hall–Kier alpha value is -5.08. The zero-order valence-corrected chi connectivity index (χ0v) is 23.4. The third-order valence-corrected chi connectivity index (χ3v) is 6.80. The number of carbonyl (C=O) groups excluding carboxylic acids is 2. The fourth-order valence-corrected chi connectivity index (χ4v) is 4.61. The second kappa shape index (κ2) is 12.0. The lowest BCUT2D eigenvalue weighted by molar-refractivity contribution is 0.0733. The van der Waals surface area contributed by atoms with Crippen molar-refractivity contribution in [3.8, 4) is 22.6 Å². The summed E-state index contributed by atoms with van der Waals surface area (Å²) in [6.45, 7) is 0. The molecule has 41 heavy (non-hydrogen) atoms. The van der Waals surface area contributed by atoms with Crippen LogP contribution in [0.3, 0.4) is 0 Å². The molecule has 0 aliphatic rings. The summed E-state index contributed by atoms with van der Waals surface area (Å²) in [7, 11) is 5.44. The van der Waals surface area contributed by atoms with E-state index in [0.717, 1.165) is 22.2 Å². The highest BCUT2D eigenvalue weighted by atomic mass is 35.5. The molecule has 1 heterocycles. The number of nitrogens with zero attached hydrogens (tertiary/aromatic N) is 2. The van der Waals surface area contributed by atoms with E-state index in [-0.39, 0.29) is 5.75 Å². The molecule has 0 unspecified atom stereocenters. The van der Waals surface area contributed by atoms with E-state index in [9.17, 15) is 9.59 Å². The molecular weight excluding hydrogens is 540 g/mol. The fourth-order valence-electron chi connectivity index (χ4n) is 4.38. The van der Waals surface area contributed by atoms with Crippen molar-refractivity contribution in [3.63, 3.8) is 0 Å². The molecule has 8 nitrogen and oxygen atoms in total. The maximum atomic E-state index is 13.4. The van der Waals surface area contributed by atoms with Gasteiger partial charge in [0.1, 0.15) is 17.2 Å². The summed E-state index contributed by atoms with van der Waals surface area (Å²) in [5.41, 5.74) is 6.92. The number of H-pyrrole nitrogens is 1. The predicted molar refractivity (Wildman–Crippen MR) is 163 cm³/mol. The Morgan fingerprint density at radius 3 is 2.51 bits per heavy atom. The van der Waals surface area contributed by atoms with Crippen molar-refractivity contribution in [2.24, 2.45) is 5.10 Å². The molecule has 0 spiro atoms. The van der Waals surface area contributed by atoms with Crippen LogP contribution >= 0.6 is 11.6 Å². The van der Waals surface area contributed by atoms with Gasteiger partial charge < -0.3 is 19.4 Å². The number of hydrogen-bond acceptors (Lipinski definition) is 6. The van der Waals surface area contributed by atoms with E-state index < -0.39 is 11.9 Å². The molecule has 0 aliphatic heterocycles. The van der Waals surface area contributed by atoms with Gasteiger partial charge in [-0.15, -0.1) is 0 Å². The molecule has 5 rings (SSSR count). The van der Waals surface area contributed by atoms with Gasteiger partial charge in [0.05, 0.1) is 18.9 Å². The zero-order valence-electron chi connectivity index (χ0n) is 22.6. The first-order valence-electron chi connectivity index (χ1n) is 12.7. The molecule has 5 aromatic rings. The zero-order chi connectivity index (χ0) is 28.9. The number of aromatic amines is 1. The Labute approximate surface area is 242 Å². The second-order valence-corrected chi connectivity index (χ2v) is 9.74. The summed E-state index contributed by atoms with van der Waals surface area (Å²) < 4.78 is 10.8. The van der Waals surface area contributed by atoms with Crippen LogP contribution in [0, 0.1) is 0 Å². The molecule has 1 amide bonds. The molecular formula is C32H27ClN4O4. The van der Waals surface area contributed by atoms with E-state index >= 15 is 0 Å². The number of ether oxygens (including phenoxy) is 2. The lowest BCUT2D eigenvalue weighted by Crippen LogP contribution is -2.19. The highest BCUT2D eigenvalue weighted by molar-refractivity contribution is 6.34. The molecule has 0 atom stereocenters. The summed E-state index contributed by atoms with van der Waals surface area (Å²) in [5.74, 6) is -0.169. The summed E-state index contributed by atoms with van der Waals surface area (Å²) in [6, 6.07) is 26.9. The summed E-state index contributed by atoms with van der Waals surface area (Å²) in [6.07, 6.45) is 1.42. The number of esters is 1. The van der Waals surface area contributed by atoms with Gasteiger partial charge in [-0.3, -0.25) is 4.79 Å². The number of benzene rings is 4. The smallest absolute Gasteiger partial charge is 0.343 e. The Kier molecular flexibility index (Phi) is 8.03. The van der Waals surface area contributed by atoms with Crippen LogP contribution in [0.1, 0.15) is 26.4 Å². The van der Waals surface area contributed by atoms with Crippen LogP contribution in [0.5, 0.6) is 11.5 Å². The number of halogens is 1. The number of para-hydroxylation sites is 1. The highest BCUT2D eigenvalue weighted by Gasteiger charge is 2.21. The van der Waals surface area contributed by atoms with Gasteiger partial charge in [0.2, 0.25) is 0 Å².